The van der Waals surface area contributed by atoms with Gasteiger partial charge in [-0.25, -0.2) is 4.98 Å². The highest BCUT2D eigenvalue weighted by Crippen LogP contribution is 2.17. The van der Waals surface area contributed by atoms with Crippen LogP contribution in [0.4, 0.5) is 11.4 Å². The maximum atomic E-state index is 12.1. The van der Waals surface area contributed by atoms with E-state index in [9.17, 15) is 4.79 Å². The van der Waals surface area contributed by atoms with Crippen LogP contribution in [0.5, 0.6) is 0 Å². The Morgan fingerprint density at radius 2 is 2.24 bits per heavy atom. The lowest BCUT2D eigenvalue weighted by molar-refractivity contribution is -0.117. The van der Waals surface area contributed by atoms with Gasteiger partial charge >= 0.3 is 0 Å². The van der Waals surface area contributed by atoms with Crippen LogP contribution in [0.2, 0.25) is 0 Å². The van der Waals surface area contributed by atoms with Crippen molar-refractivity contribution in [3.05, 3.63) is 42.0 Å². The summed E-state index contributed by atoms with van der Waals surface area (Å²) in [6.07, 6.45) is 3.64. The summed E-state index contributed by atoms with van der Waals surface area (Å²) in [5.41, 5.74) is 8.14. The zero-order valence-corrected chi connectivity index (χ0v) is 12.6. The highest BCUT2D eigenvalue weighted by molar-refractivity contribution is 5.93. The molecule has 0 aliphatic carbocycles. The highest BCUT2D eigenvalue weighted by atomic mass is 16.2. The standard InChI is InChI=1S/C15H21N5O/c1-11-8-12(16)4-5-13(11)18-15(21)10-19(2)9-14-17-6-7-20(14)3/h4-8H,9-10,16H2,1-3H3,(H,18,21). The molecule has 1 aromatic heterocycles. The Kier molecular flexibility index (Phi) is 4.59. The smallest absolute Gasteiger partial charge is 0.238 e. The third kappa shape index (κ3) is 4.06. The number of amides is 1. The first-order valence-corrected chi connectivity index (χ1v) is 6.76. The number of aromatic nitrogens is 2. The lowest BCUT2D eigenvalue weighted by atomic mass is 10.2. The normalized spacial score (nSPS) is 10.9. The van der Waals surface area contributed by atoms with Gasteiger partial charge in [-0.3, -0.25) is 9.69 Å². The van der Waals surface area contributed by atoms with Crippen molar-refractivity contribution < 1.29 is 4.79 Å². The van der Waals surface area contributed by atoms with E-state index in [1.54, 1.807) is 12.3 Å². The number of aryl methyl sites for hydroxylation is 2. The largest absolute Gasteiger partial charge is 0.399 e. The minimum Gasteiger partial charge on any atom is -0.399 e. The lowest BCUT2D eigenvalue weighted by Crippen LogP contribution is -2.30. The molecule has 0 radical (unpaired) electrons. The van der Waals surface area contributed by atoms with Crippen LogP contribution in [0, 0.1) is 6.92 Å². The molecule has 1 aromatic carbocycles. The van der Waals surface area contributed by atoms with Crippen LogP contribution in [0.15, 0.2) is 30.6 Å². The molecular weight excluding hydrogens is 266 g/mol. The maximum Gasteiger partial charge on any atom is 0.238 e. The van der Waals surface area contributed by atoms with Crippen LogP contribution in [0.1, 0.15) is 11.4 Å². The van der Waals surface area contributed by atoms with Crippen LogP contribution < -0.4 is 11.1 Å². The number of carbonyl (C=O) groups is 1. The van der Waals surface area contributed by atoms with Crippen molar-refractivity contribution in [3.63, 3.8) is 0 Å². The summed E-state index contributed by atoms with van der Waals surface area (Å²) >= 11 is 0. The van der Waals surface area contributed by atoms with E-state index >= 15 is 0 Å². The van der Waals surface area contributed by atoms with Crippen molar-refractivity contribution in [1.82, 2.24) is 14.5 Å². The molecule has 1 amide bonds. The Morgan fingerprint density at radius 3 is 2.86 bits per heavy atom. The molecule has 1 heterocycles. The number of likely N-dealkylation sites (N-methyl/N-ethyl adjacent to an activating group) is 1. The second kappa shape index (κ2) is 6.41. The van der Waals surface area contributed by atoms with E-state index in [1.807, 2.05) is 48.8 Å². The van der Waals surface area contributed by atoms with Crippen molar-refractivity contribution in [3.8, 4) is 0 Å². The fourth-order valence-electron chi connectivity index (χ4n) is 2.11. The second-order valence-electron chi connectivity index (χ2n) is 5.25. The van der Waals surface area contributed by atoms with Gasteiger partial charge in [0.05, 0.1) is 13.1 Å². The van der Waals surface area contributed by atoms with Crippen LogP contribution in [-0.4, -0.2) is 34.0 Å². The van der Waals surface area contributed by atoms with Crippen LogP contribution >= 0.6 is 0 Å². The SMILES string of the molecule is Cc1cc(N)ccc1NC(=O)CN(C)Cc1nccn1C. The van der Waals surface area contributed by atoms with E-state index < -0.39 is 0 Å². The number of nitrogens with two attached hydrogens (primary N) is 1. The van der Waals surface area contributed by atoms with Gasteiger partial charge in [0, 0.05) is 30.8 Å². The van der Waals surface area contributed by atoms with Crippen molar-refractivity contribution in [2.75, 3.05) is 24.6 Å². The number of benzene rings is 1. The summed E-state index contributed by atoms with van der Waals surface area (Å²) in [5, 5.41) is 2.90. The number of rotatable bonds is 5. The summed E-state index contributed by atoms with van der Waals surface area (Å²) in [4.78, 5) is 18.2. The van der Waals surface area contributed by atoms with Gasteiger partial charge in [0.25, 0.3) is 0 Å². The summed E-state index contributed by atoms with van der Waals surface area (Å²) < 4.78 is 1.94. The van der Waals surface area contributed by atoms with Crippen molar-refractivity contribution in [1.29, 1.82) is 0 Å². The molecule has 0 bridgehead atoms. The van der Waals surface area contributed by atoms with Crippen molar-refractivity contribution >= 4 is 17.3 Å². The predicted octanol–water partition coefficient (Wildman–Crippen LogP) is 1.38. The predicted molar refractivity (Wildman–Crippen MR) is 83.8 cm³/mol. The molecule has 0 atom stereocenters. The Morgan fingerprint density at radius 1 is 1.48 bits per heavy atom. The van der Waals surface area contributed by atoms with Gasteiger partial charge in [0.2, 0.25) is 5.91 Å². The first kappa shape index (κ1) is 15.1. The van der Waals surface area contributed by atoms with E-state index in [2.05, 4.69) is 10.3 Å². The van der Waals surface area contributed by atoms with Crippen LogP contribution in [0.3, 0.4) is 0 Å². The van der Waals surface area contributed by atoms with Gasteiger partial charge in [0.15, 0.2) is 0 Å². The van der Waals surface area contributed by atoms with E-state index in [0.29, 0.717) is 18.8 Å². The molecule has 0 saturated heterocycles. The molecule has 3 N–H and O–H groups in total. The third-order valence-electron chi connectivity index (χ3n) is 3.27. The Labute approximate surface area is 124 Å². The average molecular weight is 287 g/mol. The summed E-state index contributed by atoms with van der Waals surface area (Å²) in [7, 11) is 3.83. The molecule has 6 heteroatoms. The van der Waals surface area contributed by atoms with Crippen LogP contribution in [0.25, 0.3) is 0 Å². The monoisotopic (exact) mass is 287 g/mol. The number of hydrogen-bond acceptors (Lipinski definition) is 4. The fraction of sp³-hybridized carbons (Fsp3) is 0.333. The van der Waals surface area contributed by atoms with Gasteiger partial charge < -0.3 is 15.6 Å². The van der Waals surface area contributed by atoms with E-state index in [-0.39, 0.29) is 5.91 Å². The minimum absolute atomic E-state index is 0.0559. The number of nitrogens with zero attached hydrogens (tertiary/aromatic N) is 3. The Bertz CT molecular complexity index is 635. The highest BCUT2D eigenvalue weighted by Gasteiger charge is 2.10. The Balaban J connectivity index is 1.90. The Hall–Kier alpha value is -2.34. The molecule has 112 valence electrons. The van der Waals surface area contributed by atoms with Gasteiger partial charge in [-0.2, -0.15) is 0 Å². The quantitative estimate of drug-likeness (QED) is 0.815. The van der Waals surface area contributed by atoms with Crippen LogP contribution in [-0.2, 0) is 18.4 Å². The topological polar surface area (TPSA) is 76.2 Å². The molecule has 0 aliphatic heterocycles. The summed E-state index contributed by atoms with van der Waals surface area (Å²) in [5.74, 6) is 0.869. The second-order valence-corrected chi connectivity index (χ2v) is 5.25. The number of nitrogen functional groups attached to an aromatic ring is 1. The first-order chi connectivity index (χ1) is 9.95. The molecule has 2 aromatic rings. The molecule has 0 spiro atoms. The molecular formula is C15H21N5O. The van der Waals surface area contributed by atoms with Gasteiger partial charge in [0.1, 0.15) is 5.82 Å². The van der Waals surface area contributed by atoms with Crippen molar-refractivity contribution in [2.24, 2.45) is 7.05 Å². The molecule has 0 fully saturated rings. The third-order valence-corrected chi connectivity index (χ3v) is 3.27. The number of imidazole rings is 1. The summed E-state index contributed by atoms with van der Waals surface area (Å²) in [6, 6.07) is 5.44. The maximum absolute atomic E-state index is 12.1. The molecule has 2 rings (SSSR count). The average Bonchev–Trinajstić information content (AvgIpc) is 2.78. The van der Waals surface area contributed by atoms with E-state index in [4.69, 9.17) is 5.73 Å². The van der Waals surface area contributed by atoms with E-state index in [0.717, 1.165) is 17.1 Å². The van der Waals surface area contributed by atoms with Gasteiger partial charge in [-0.05, 0) is 37.7 Å². The summed E-state index contributed by atoms with van der Waals surface area (Å²) in [6.45, 7) is 2.85. The fourth-order valence-corrected chi connectivity index (χ4v) is 2.11. The van der Waals surface area contributed by atoms with Gasteiger partial charge in [-0.1, -0.05) is 0 Å². The molecule has 0 aliphatic rings. The molecule has 0 saturated carbocycles. The molecule has 21 heavy (non-hydrogen) atoms. The minimum atomic E-state index is -0.0559. The first-order valence-electron chi connectivity index (χ1n) is 6.76. The van der Waals surface area contributed by atoms with Crippen molar-refractivity contribution in [2.45, 2.75) is 13.5 Å². The molecule has 6 nitrogen and oxygen atoms in total. The number of anilines is 2. The van der Waals surface area contributed by atoms with Gasteiger partial charge in [-0.15, -0.1) is 0 Å². The zero-order valence-electron chi connectivity index (χ0n) is 12.6. The zero-order chi connectivity index (χ0) is 15.4. The lowest BCUT2D eigenvalue weighted by Gasteiger charge is -2.16. The molecule has 0 unspecified atom stereocenters. The van der Waals surface area contributed by atoms with E-state index in [1.165, 1.54) is 0 Å². The number of carbonyl (C=O) groups excluding carboxylic acids is 1. The number of nitrogens with one attached hydrogen (secondary N) is 1. The number of hydrogen-bond donors (Lipinski definition) is 2.